The highest BCUT2D eigenvalue weighted by molar-refractivity contribution is 8.04. The van der Waals surface area contributed by atoms with Crippen LogP contribution in [-0.2, 0) is 4.79 Å². The van der Waals surface area contributed by atoms with Crippen LogP contribution in [0.5, 0.6) is 5.75 Å². The van der Waals surface area contributed by atoms with Gasteiger partial charge in [0.25, 0.3) is 11.8 Å². The maximum Gasteiger partial charge on any atom is 0.262 e. The van der Waals surface area contributed by atoms with Gasteiger partial charge in [0.1, 0.15) is 5.75 Å². The quantitative estimate of drug-likeness (QED) is 0.674. The number of thioether (sulfide) groups is 1. The minimum Gasteiger partial charge on any atom is -0.497 e. The Morgan fingerprint density at radius 1 is 1.20 bits per heavy atom. The van der Waals surface area contributed by atoms with Gasteiger partial charge in [-0.25, -0.2) is 0 Å². The number of nitrogens with one attached hydrogen (secondary N) is 2. The second-order valence-corrected chi connectivity index (χ2v) is 8.98. The summed E-state index contributed by atoms with van der Waals surface area (Å²) < 4.78 is 5.25. The van der Waals surface area contributed by atoms with Crippen LogP contribution in [0, 0.1) is 5.92 Å². The first-order chi connectivity index (χ1) is 14.5. The molecule has 5 nitrogen and oxygen atoms in total. The molecule has 30 heavy (non-hydrogen) atoms. The molecule has 0 saturated heterocycles. The molecule has 2 atom stereocenters. The van der Waals surface area contributed by atoms with Crippen LogP contribution < -0.4 is 15.4 Å². The Labute approximate surface area is 181 Å². The molecule has 156 valence electrons. The van der Waals surface area contributed by atoms with Crippen LogP contribution in [0.15, 0.2) is 52.3 Å². The maximum absolute atomic E-state index is 12.7. The second kappa shape index (κ2) is 8.96. The average Bonchev–Trinajstić information content (AvgIpc) is 2.75. The summed E-state index contributed by atoms with van der Waals surface area (Å²) in [5, 5.41) is 6.10. The van der Waals surface area contributed by atoms with Crippen LogP contribution in [0.3, 0.4) is 0 Å². The van der Waals surface area contributed by atoms with E-state index in [0.29, 0.717) is 22.1 Å². The van der Waals surface area contributed by atoms with E-state index >= 15 is 0 Å². The molecular weight excluding hydrogens is 396 g/mol. The summed E-state index contributed by atoms with van der Waals surface area (Å²) in [6.07, 6.45) is 6.43. The Kier molecular flexibility index (Phi) is 6.13. The maximum atomic E-state index is 12.7. The third kappa shape index (κ3) is 4.54. The van der Waals surface area contributed by atoms with Gasteiger partial charge in [-0.1, -0.05) is 43.7 Å². The molecule has 1 aliphatic carbocycles. The Morgan fingerprint density at radius 3 is 2.83 bits per heavy atom. The topological polar surface area (TPSA) is 67.4 Å². The van der Waals surface area contributed by atoms with Gasteiger partial charge in [-0.3, -0.25) is 9.59 Å². The van der Waals surface area contributed by atoms with Crippen molar-refractivity contribution in [3.63, 3.8) is 0 Å². The van der Waals surface area contributed by atoms with E-state index in [0.717, 1.165) is 35.5 Å². The number of carbonyl (C=O) groups is 2. The number of methoxy groups -OCH3 is 1. The standard InChI is InChI=1S/C24H26N2O3S/c1-15-6-3-4-9-19(15)25-23(27)17-10-11-21-20(14-17)26-24(28)22(30-21)13-16-7-5-8-18(12-16)29-2/h5,7-8,10-15,19H,3-4,6,9H2,1-2H3,(H,25,27)(H,26,28)/b22-13+/t15-,19-/m0/s1. The summed E-state index contributed by atoms with van der Waals surface area (Å²) in [5.74, 6) is 0.996. The summed E-state index contributed by atoms with van der Waals surface area (Å²) in [4.78, 5) is 26.9. The third-order valence-electron chi connectivity index (χ3n) is 5.75. The van der Waals surface area contributed by atoms with E-state index in [1.807, 2.05) is 42.5 Å². The van der Waals surface area contributed by atoms with Crippen molar-refractivity contribution >= 4 is 35.3 Å². The summed E-state index contributed by atoms with van der Waals surface area (Å²) in [6.45, 7) is 2.20. The van der Waals surface area contributed by atoms with Crippen molar-refractivity contribution in [2.75, 3.05) is 12.4 Å². The smallest absolute Gasteiger partial charge is 0.262 e. The highest BCUT2D eigenvalue weighted by Crippen LogP contribution is 2.39. The van der Waals surface area contributed by atoms with E-state index in [4.69, 9.17) is 4.74 Å². The van der Waals surface area contributed by atoms with Gasteiger partial charge < -0.3 is 15.4 Å². The molecule has 2 aromatic carbocycles. The summed E-state index contributed by atoms with van der Waals surface area (Å²) in [6, 6.07) is 13.3. The molecule has 0 bridgehead atoms. The van der Waals surface area contributed by atoms with Gasteiger partial charge in [0.15, 0.2) is 0 Å². The number of rotatable bonds is 4. The molecule has 2 aliphatic rings. The van der Waals surface area contributed by atoms with E-state index in [2.05, 4.69) is 17.6 Å². The van der Waals surface area contributed by atoms with Gasteiger partial charge in [-0.05, 0) is 60.7 Å². The fourth-order valence-electron chi connectivity index (χ4n) is 3.97. The lowest BCUT2D eigenvalue weighted by Crippen LogP contribution is -2.41. The van der Waals surface area contributed by atoms with Crippen LogP contribution in [0.2, 0.25) is 0 Å². The molecule has 0 unspecified atom stereocenters. The molecule has 1 heterocycles. The van der Waals surface area contributed by atoms with Crippen molar-refractivity contribution in [3.05, 3.63) is 58.5 Å². The van der Waals surface area contributed by atoms with Crippen LogP contribution in [-0.4, -0.2) is 25.0 Å². The number of amides is 2. The molecule has 2 N–H and O–H groups in total. The van der Waals surface area contributed by atoms with Gasteiger partial charge in [-0.2, -0.15) is 0 Å². The molecular formula is C24H26N2O3S. The predicted octanol–water partition coefficient (Wildman–Crippen LogP) is 5.09. The molecule has 0 spiro atoms. The zero-order chi connectivity index (χ0) is 21.1. The Bertz CT molecular complexity index is 1000. The lowest BCUT2D eigenvalue weighted by molar-refractivity contribution is -0.112. The van der Waals surface area contributed by atoms with Crippen molar-refractivity contribution in [1.29, 1.82) is 0 Å². The molecule has 4 rings (SSSR count). The van der Waals surface area contributed by atoms with E-state index in [-0.39, 0.29) is 17.9 Å². The van der Waals surface area contributed by atoms with E-state index in [9.17, 15) is 9.59 Å². The zero-order valence-corrected chi connectivity index (χ0v) is 18.1. The monoisotopic (exact) mass is 422 g/mol. The van der Waals surface area contributed by atoms with Crippen LogP contribution in [0.25, 0.3) is 6.08 Å². The molecule has 1 fully saturated rings. The normalized spacial score (nSPS) is 22.2. The molecule has 1 saturated carbocycles. The first-order valence-electron chi connectivity index (χ1n) is 10.3. The third-order valence-corrected chi connectivity index (χ3v) is 6.85. The fourth-order valence-corrected chi connectivity index (χ4v) is 4.90. The summed E-state index contributed by atoms with van der Waals surface area (Å²) >= 11 is 1.41. The number of hydrogen-bond donors (Lipinski definition) is 2. The van der Waals surface area contributed by atoms with Gasteiger partial charge >= 0.3 is 0 Å². The number of ether oxygens (including phenoxy) is 1. The first-order valence-corrected chi connectivity index (χ1v) is 11.1. The lowest BCUT2D eigenvalue weighted by atomic mass is 9.86. The van der Waals surface area contributed by atoms with Crippen LogP contribution >= 0.6 is 11.8 Å². The summed E-state index contributed by atoms with van der Waals surface area (Å²) in [5.41, 5.74) is 2.15. The number of hydrogen-bond acceptors (Lipinski definition) is 4. The average molecular weight is 423 g/mol. The minimum atomic E-state index is -0.172. The molecule has 0 aromatic heterocycles. The van der Waals surface area contributed by atoms with E-state index in [1.54, 1.807) is 13.2 Å². The van der Waals surface area contributed by atoms with Crippen molar-refractivity contribution in [2.45, 2.75) is 43.5 Å². The van der Waals surface area contributed by atoms with Crippen LogP contribution in [0.1, 0.15) is 48.5 Å². The molecule has 6 heteroatoms. The largest absolute Gasteiger partial charge is 0.497 e. The molecule has 0 radical (unpaired) electrons. The van der Waals surface area contributed by atoms with E-state index < -0.39 is 0 Å². The van der Waals surface area contributed by atoms with Crippen LogP contribution in [0.4, 0.5) is 5.69 Å². The predicted molar refractivity (Wildman–Crippen MR) is 121 cm³/mol. The molecule has 2 aromatic rings. The molecule has 2 amide bonds. The Morgan fingerprint density at radius 2 is 2.03 bits per heavy atom. The lowest BCUT2D eigenvalue weighted by Gasteiger charge is -2.29. The SMILES string of the molecule is COc1cccc(/C=C2/Sc3ccc(C(=O)N[C@H]4CCCC[C@@H]4C)cc3NC2=O)c1. The number of benzene rings is 2. The number of fused-ring (bicyclic) bond motifs is 1. The zero-order valence-electron chi connectivity index (χ0n) is 17.2. The fraction of sp³-hybridized carbons (Fsp3) is 0.333. The number of anilines is 1. The van der Waals surface area contributed by atoms with Crippen molar-refractivity contribution in [3.8, 4) is 5.75 Å². The van der Waals surface area contributed by atoms with Crippen molar-refractivity contribution in [1.82, 2.24) is 5.32 Å². The van der Waals surface area contributed by atoms with E-state index in [1.165, 1.54) is 18.2 Å². The first kappa shape index (κ1) is 20.5. The highest BCUT2D eigenvalue weighted by Gasteiger charge is 2.25. The second-order valence-electron chi connectivity index (χ2n) is 7.89. The van der Waals surface area contributed by atoms with Crippen molar-refractivity contribution < 1.29 is 14.3 Å². The van der Waals surface area contributed by atoms with Gasteiger partial charge in [0.05, 0.1) is 17.7 Å². The minimum absolute atomic E-state index is 0.0754. The summed E-state index contributed by atoms with van der Waals surface area (Å²) in [7, 11) is 1.62. The van der Waals surface area contributed by atoms with Gasteiger partial charge in [-0.15, -0.1) is 0 Å². The van der Waals surface area contributed by atoms with Gasteiger partial charge in [0, 0.05) is 16.5 Å². The Balaban J connectivity index is 1.50. The van der Waals surface area contributed by atoms with Crippen molar-refractivity contribution in [2.24, 2.45) is 5.92 Å². The highest BCUT2D eigenvalue weighted by atomic mass is 32.2. The molecule has 1 aliphatic heterocycles. The van der Waals surface area contributed by atoms with Gasteiger partial charge in [0.2, 0.25) is 0 Å². The Hall–Kier alpha value is -2.73. The number of carbonyl (C=O) groups excluding carboxylic acids is 2.